The molecule has 6 nitrogen and oxygen atoms in total. The molecule has 0 radical (unpaired) electrons. The summed E-state index contributed by atoms with van der Waals surface area (Å²) in [5.74, 6) is -0.962. The molecule has 0 aromatic carbocycles. The Morgan fingerprint density at radius 3 is 1.17 bits per heavy atom. The summed E-state index contributed by atoms with van der Waals surface area (Å²) < 4.78 is 16.7. The zero-order valence-electron chi connectivity index (χ0n) is 40.5. The number of carbonyl (C=O) groups excluding carboxylic acids is 3. The predicted molar refractivity (Wildman–Crippen MR) is 270 cm³/mol. The molecule has 63 heavy (non-hydrogen) atoms. The number of allylic oxidation sites excluding steroid dienone is 18. The molecular weight excluding hydrogens is 781 g/mol. The number of hydrogen-bond donors (Lipinski definition) is 0. The maximum Gasteiger partial charge on any atom is 0.306 e. The minimum Gasteiger partial charge on any atom is -0.462 e. The summed E-state index contributed by atoms with van der Waals surface area (Å²) in [5, 5.41) is 0. The average molecular weight is 873 g/mol. The van der Waals surface area contributed by atoms with Crippen LogP contribution in [-0.2, 0) is 28.6 Å². The highest BCUT2D eigenvalue weighted by molar-refractivity contribution is 5.71. The van der Waals surface area contributed by atoms with Crippen molar-refractivity contribution >= 4 is 17.9 Å². The third kappa shape index (κ3) is 49.0. The van der Waals surface area contributed by atoms with Crippen LogP contribution in [0.2, 0.25) is 0 Å². The lowest BCUT2D eigenvalue weighted by molar-refractivity contribution is -0.167. The van der Waals surface area contributed by atoms with E-state index in [2.05, 4.69) is 106 Å². The van der Waals surface area contributed by atoms with Gasteiger partial charge in [-0.1, -0.05) is 220 Å². The van der Waals surface area contributed by atoms with E-state index >= 15 is 0 Å². The van der Waals surface area contributed by atoms with Crippen LogP contribution in [0.25, 0.3) is 0 Å². The number of esters is 3. The largest absolute Gasteiger partial charge is 0.462 e. The Kier molecular flexibility index (Phi) is 47.5. The van der Waals surface area contributed by atoms with Gasteiger partial charge in [0.15, 0.2) is 6.10 Å². The van der Waals surface area contributed by atoms with Crippen molar-refractivity contribution in [3.8, 4) is 0 Å². The first-order chi connectivity index (χ1) is 31.0. The molecule has 356 valence electrons. The van der Waals surface area contributed by atoms with E-state index in [1.54, 1.807) is 0 Å². The summed E-state index contributed by atoms with van der Waals surface area (Å²) in [6.45, 7) is 6.31. The van der Waals surface area contributed by atoms with E-state index in [4.69, 9.17) is 14.2 Å². The molecule has 0 bridgehead atoms. The van der Waals surface area contributed by atoms with E-state index in [0.717, 1.165) is 122 Å². The molecule has 6 heteroatoms. The highest BCUT2D eigenvalue weighted by Crippen LogP contribution is 2.14. The smallest absolute Gasteiger partial charge is 0.306 e. The van der Waals surface area contributed by atoms with E-state index in [-0.39, 0.29) is 31.1 Å². The van der Waals surface area contributed by atoms with Crippen molar-refractivity contribution in [1.29, 1.82) is 0 Å². The summed E-state index contributed by atoms with van der Waals surface area (Å²) in [7, 11) is 0. The van der Waals surface area contributed by atoms with Gasteiger partial charge in [-0.2, -0.15) is 0 Å². The maximum absolute atomic E-state index is 12.8. The van der Waals surface area contributed by atoms with Crippen molar-refractivity contribution in [3.63, 3.8) is 0 Å². The molecule has 0 saturated heterocycles. The standard InChI is InChI=1S/C57H92O6/c1-4-7-10-13-16-19-22-24-26-27-28-29-31-32-35-38-41-44-47-50-56(59)62-53-54(52-61-55(58)49-46-43-40-37-34-21-18-15-12-9-6-3)63-57(60)51-48-45-42-39-36-33-30-25-23-20-17-14-11-8-5-2/h7-8,10-11,14,16-17,19-20,23-26,28-30,32,35,54H,4-6,9,12-13,15,18,21-22,27,31,33-34,36-53H2,1-3H3/b10-7-,11-8-,17-14-,19-16-,23-20-,26-24-,29-28-,30-25-,35-32-. The summed E-state index contributed by atoms with van der Waals surface area (Å²) >= 11 is 0. The fourth-order valence-electron chi connectivity index (χ4n) is 6.60. The molecule has 1 unspecified atom stereocenters. The summed E-state index contributed by atoms with van der Waals surface area (Å²) in [6.07, 6.45) is 67.8. The highest BCUT2D eigenvalue weighted by Gasteiger charge is 2.19. The second-order valence-electron chi connectivity index (χ2n) is 16.4. The molecule has 0 aliphatic heterocycles. The Labute approximate surface area is 387 Å². The van der Waals surface area contributed by atoms with E-state index < -0.39 is 6.10 Å². The lowest BCUT2D eigenvalue weighted by Crippen LogP contribution is -2.30. The molecule has 0 heterocycles. The van der Waals surface area contributed by atoms with Gasteiger partial charge in [0.1, 0.15) is 13.2 Å². The molecule has 0 aromatic heterocycles. The van der Waals surface area contributed by atoms with Crippen LogP contribution in [0.5, 0.6) is 0 Å². The van der Waals surface area contributed by atoms with Crippen LogP contribution in [0.1, 0.15) is 213 Å². The molecule has 0 aromatic rings. The first-order valence-electron chi connectivity index (χ1n) is 25.4. The van der Waals surface area contributed by atoms with E-state index in [9.17, 15) is 14.4 Å². The summed E-state index contributed by atoms with van der Waals surface area (Å²) in [6, 6.07) is 0. The van der Waals surface area contributed by atoms with Crippen molar-refractivity contribution in [3.05, 3.63) is 109 Å². The second-order valence-corrected chi connectivity index (χ2v) is 16.4. The summed E-state index contributed by atoms with van der Waals surface area (Å²) in [4.78, 5) is 37.9. The van der Waals surface area contributed by atoms with E-state index in [1.165, 1.54) is 51.4 Å². The van der Waals surface area contributed by atoms with Crippen LogP contribution in [0.3, 0.4) is 0 Å². The van der Waals surface area contributed by atoms with Crippen molar-refractivity contribution < 1.29 is 28.6 Å². The predicted octanol–water partition coefficient (Wildman–Crippen LogP) is 16.8. The zero-order valence-corrected chi connectivity index (χ0v) is 40.5. The molecule has 0 spiro atoms. The zero-order chi connectivity index (χ0) is 45.8. The van der Waals surface area contributed by atoms with Gasteiger partial charge in [-0.25, -0.2) is 0 Å². The van der Waals surface area contributed by atoms with Gasteiger partial charge in [-0.15, -0.1) is 0 Å². The Balaban J connectivity index is 4.48. The maximum atomic E-state index is 12.8. The number of rotatable bonds is 44. The quantitative estimate of drug-likeness (QED) is 0.0199. The van der Waals surface area contributed by atoms with Crippen LogP contribution >= 0.6 is 0 Å². The van der Waals surface area contributed by atoms with E-state index in [0.29, 0.717) is 19.3 Å². The van der Waals surface area contributed by atoms with Crippen molar-refractivity contribution in [2.24, 2.45) is 0 Å². The first kappa shape index (κ1) is 59.1. The van der Waals surface area contributed by atoms with Crippen LogP contribution < -0.4 is 0 Å². The molecule has 0 amide bonds. The second kappa shape index (κ2) is 50.7. The van der Waals surface area contributed by atoms with Crippen LogP contribution in [0, 0.1) is 0 Å². The third-order valence-electron chi connectivity index (χ3n) is 10.4. The van der Waals surface area contributed by atoms with Crippen molar-refractivity contribution in [1.82, 2.24) is 0 Å². The molecule has 0 aliphatic carbocycles. The Bertz CT molecular complexity index is 1330. The fraction of sp³-hybridized carbons (Fsp3) is 0.632. The van der Waals surface area contributed by atoms with Gasteiger partial charge in [-0.3, -0.25) is 14.4 Å². The lowest BCUT2D eigenvalue weighted by Gasteiger charge is -2.18. The molecule has 0 fully saturated rings. The van der Waals surface area contributed by atoms with Gasteiger partial charge in [0.05, 0.1) is 0 Å². The van der Waals surface area contributed by atoms with Gasteiger partial charge in [-0.05, 0) is 83.5 Å². The number of hydrogen-bond acceptors (Lipinski definition) is 6. The SMILES string of the molecule is CC\C=C/C=C\C=C/C=C\CCCCCCCC(=O)OC(COC(=O)CCCCC/C=C\C/C=C\C/C=C\C/C=C\C/C=C\CC)COC(=O)CCCCCCCCCCCCC. The Morgan fingerprint density at radius 2 is 0.698 bits per heavy atom. The molecule has 0 aliphatic rings. The van der Waals surface area contributed by atoms with E-state index in [1.807, 2.05) is 24.3 Å². The van der Waals surface area contributed by atoms with Gasteiger partial charge in [0, 0.05) is 19.3 Å². The van der Waals surface area contributed by atoms with Gasteiger partial charge >= 0.3 is 17.9 Å². The van der Waals surface area contributed by atoms with Crippen molar-refractivity contribution in [2.45, 2.75) is 219 Å². The minimum atomic E-state index is -0.804. The van der Waals surface area contributed by atoms with Crippen LogP contribution in [-0.4, -0.2) is 37.2 Å². The molecule has 1 atom stereocenters. The average Bonchev–Trinajstić information content (AvgIpc) is 3.28. The van der Waals surface area contributed by atoms with Gasteiger partial charge in [0.2, 0.25) is 0 Å². The Hall–Kier alpha value is -3.93. The summed E-state index contributed by atoms with van der Waals surface area (Å²) in [5.41, 5.74) is 0. The van der Waals surface area contributed by atoms with Crippen LogP contribution in [0.4, 0.5) is 0 Å². The monoisotopic (exact) mass is 873 g/mol. The number of ether oxygens (including phenoxy) is 3. The Morgan fingerprint density at radius 1 is 0.349 bits per heavy atom. The molecule has 0 N–H and O–H groups in total. The molecular formula is C57H92O6. The van der Waals surface area contributed by atoms with Crippen molar-refractivity contribution in [2.75, 3.05) is 13.2 Å². The number of carbonyl (C=O) groups is 3. The lowest BCUT2D eigenvalue weighted by atomic mass is 10.1. The normalized spacial score (nSPS) is 13.0. The van der Waals surface area contributed by atoms with Gasteiger partial charge in [0.25, 0.3) is 0 Å². The minimum absolute atomic E-state index is 0.0992. The molecule has 0 saturated carbocycles. The third-order valence-corrected chi connectivity index (χ3v) is 10.4. The van der Waals surface area contributed by atoms with Gasteiger partial charge < -0.3 is 14.2 Å². The molecule has 0 rings (SSSR count). The topological polar surface area (TPSA) is 78.9 Å². The van der Waals surface area contributed by atoms with Crippen LogP contribution in [0.15, 0.2) is 109 Å². The highest BCUT2D eigenvalue weighted by atomic mass is 16.6. The number of unbranched alkanes of at least 4 members (excludes halogenated alkanes) is 18. The first-order valence-corrected chi connectivity index (χ1v) is 25.4. The fourth-order valence-corrected chi connectivity index (χ4v) is 6.60.